The van der Waals surface area contributed by atoms with Gasteiger partial charge < -0.3 is 0 Å². The Kier molecular flexibility index (Phi) is 2.70. The molecule has 0 N–H and O–H groups in total. The lowest BCUT2D eigenvalue weighted by molar-refractivity contribution is -0.120. The number of Topliss-reactive ketones (excluding diaryl/α,β-unsaturated/α-hetero) is 1. The molecule has 0 aromatic heterocycles. The zero-order chi connectivity index (χ0) is 13.1. The Labute approximate surface area is 122 Å². The number of nitrogens with zero attached hydrogens (tertiary/aromatic N) is 1. The molecule has 3 fully saturated rings. The van der Waals surface area contributed by atoms with Gasteiger partial charge in [-0.1, -0.05) is 29.3 Å². The predicted molar refractivity (Wildman–Crippen MR) is 75.8 cm³/mol. The smallest absolute Gasteiger partial charge is 0.152 e. The topological polar surface area (TPSA) is 20.3 Å². The lowest BCUT2D eigenvalue weighted by Crippen LogP contribution is -2.40. The predicted octanol–water partition coefficient (Wildman–Crippen LogP) is 3.51. The summed E-state index contributed by atoms with van der Waals surface area (Å²) >= 11 is 12.1. The van der Waals surface area contributed by atoms with Crippen LogP contribution in [0.4, 0.5) is 0 Å². The van der Waals surface area contributed by atoms with Gasteiger partial charge >= 0.3 is 0 Å². The molecule has 3 aliphatic rings. The fourth-order valence-corrected chi connectivity index (χ4v) is 4.68. The van der Waals surface area contributed by atoms with E-state index < -0.39 is 0 Å². The molecule has 0 radical (unpaired) electrons. The molecule has 3 heterocycles. The van der Waals surface area contributed by atoms with E-state index in [-0.39, 0.29) is 5.92 Å². The summed E-state index contributed by atoms with van der Waals surface area (Å²) in [6, 6.07) is 6.92. The highest BCUT2D eigenvalue weighted by Crippen LogP contribution is 2.51. The summed E-state index contributed by atoms with van der Waals surface area (Å²) in [5.74, 6) is 0.929. The van der Waals surface area contributed by atoms with Gasteiger partial charge in [0.05, 0.1) is 16.6 Å². The molecule has 19 heavy (non-hydrogen) atoms. The molecular formula is C15H15Cl2NO. The van der Waals surface area contributed by atoms with Gasteiger partial charge in [0.15, 0.2) is 5.78 Å². The van der Waals surface area contributed by atoms with E-state index in [1.807, 2.05) is 18.2 Å². The quantitative estimate of drug-likeness (QED) is 0.790. The maximum atomic E-state index is 12.3. The average Bonchev–Trinajstić information content (AvgIpc) is 2.78. The standard InChI is InChI=1S/C15H15Cl2NO/c16-11-3-1-8(5-12(11)17)10-6-9-2-4-13-15(10)14(19)7-18(9)13/h1,3,5,9-10,13,15H,2,4,6-7H2/t9?,10-,13?,15?/m0/s1. The molecule has 0 amide bonds. The van der Waals surface area contributed by atoms with Crippen molar-refractivity contribution in [3.8, 4) is 0 Å². The van der Waals surface area contributed by atoms with Crippen molar-refractivity contribution in [3.63, 3.8) is 0 Å². The van der Waals surface area contributed by atoms with Crippen LogP contribution in [0.2, 0.25) is 10.0 Å². The van der Waals surface area contributed by atoms with Gasteiger partial charge in [-0.25, -0.2) is 0 Å². The summed E-state index contributed by atoms with van der Waals surface area (Å²) in [7, 11) is 0. The number of hydrogen-bond acceptors (Lipinski definition) is 2. The molecule has 4 unspecified atom stereocenters. The first kappa shape index (κ1) is 12.2. The fraction of sp³-hybridized carbons (Fsp3) is 0.533. The molecule has 4 rings (SSSR count). The van der Waals surface area contributed by atoms with Gasteiger partial charge in [0.1, 0.15) is 0 Å². The van der Waals surface area contributed by atoms with Crippen molar-refractivity contribution < 1.29 is 4.79 Å². The summed E-state index contributed by atoms with van der Waals surface area (Å²) in [5, 5.41) is 1.18. The Hall–Kier alpha value is -0.570. The first-order valence-corrected chi connectivity index (χ1v) is 7.64. The number of rotatable bonds is 1. The zero-order valence-electron chi connectivity index (χ0n) is 10.5. The Balaban J connectivity index is 1.75. The molecule has 0 spiro atoms. The summed E-state index contributed by atoms with van der Waals surface area (Å²) in [6.45, 7) is 0.665. The lowest BCUT2D eigenvalue weighted by Gasteiger charge is -2.36. The minimum Gasteiger partial charge on any atom is -0.298 e. The Morgan fingerprint density at radius 1 is 1.16 bits per heavy atom. The highest BCUT2D eigenvalue weighted by Gasteiger charge is 2.55. The van der Waals surface area contributed by atoms with Crippen LogP contribution in [0.1, 0.15) is 30.7 Å². The second-order valence-corrected chi connectivity index (χ2v) is 6.79. The van der Waals surface area contributed by atoms with Gasteiger partial charge in [-0.2, -0.15) is 0 Å². The van der Waals surface area contributed by atoms with Gasteiger partial charge in [-0.15, -0.1) is 0 Å². The molecule has 4 bridgehead atoms. The summed E-state index contributed by atoms with van der Waals surface area (Å²) < 4.78 is 0. The van der Waals surface area contributed by atoms with E-state index in [2.05, 4.69) is 4.90 Å². The highest BCUT2D eigenvalue weighted by molar-refractivity contribution is 6.42. The number of carbonyl (C=O) groups excluding carboxylic acids is 1. The van der Waals surface area contributed by atoms with Crippen LogP contribution < -0.4 is 0 Å². The minimum atomic E-state index is 0.177. The molecule has 0 aliphatic carbocycles. The number of piperidine rings is 1. The molecule has 2 nitrogen and oxygen atoms in total. The third-order valence-corrected chi connectivity index (χ3v) is 5.89. The molecular weight excluding hydrogens is 281 g/mol. The van der Waals surface area contributed by atoms with E-state index in [0.29, 0.717) is 40.4 Å². The Morgan fingerprint density at radius 3 is 2.79 bits per heavy atom. The first-order chi connectivity index (χ1) is 9.15. The third-order valence-electron chi connectivity index (χ3n) is 5.15. The molecule has 100 valence electrons. The number of hydrogen-bond donors (Lipinski definition) is 0. The summed E-state index contributed by atoms with van der Waals surface area (Å²) in [6.07, 6.45) is 3.51. The monoisotopic (exact) mass is 295 g/mol. The van der Waals surface area contributed by atoms with Gasteiger partial charge in [-0.05, 0) is 42.9 Å². The van der Waals surface area contributed by atoms with Crippen molar-refractivity contribution in [2.75, 3.05) is 6.54 Å². The van der Waals surface area contributed by atoms with Crippen molar-refractivity contribution in [2.24, 2.45) is 5.92 Å². The van der Waals surface area contributed by atoms with Crippen LogP contribution in [0.3, 0.4) is 0 Å². The third kappa shape index (κ3) is 1.70. The Morgan fingerprint density at radius 2 is 2.00 bits per heavy atom. The van der Waals surface area contributed by atoms with E-state index in [0.717, 1.165) is 6.42 Å². The summed E-state index contributed by atoms with van der Waals surface area (Å²) in [5.41, 5.74) is 1.19. The van der Waals surface area contributed by atoms with E-state index in [4.69, 9.17) is 23.2 Å². The van der Waals surface area contributed by atoms with E-state index >= 15 is 0 Å². The van der Waals surface area contributed by atoms with Crippen molar-refractivity contribution in [1.29, 1.82) is 0 Å². The second kappa shape index (κ2) is 4.21. The second-order valence-electron chi connectivity index (χ2n) is 5.98. The SMILES string of the molecule is O=C1CN2C3CCC2C1[C@H](c1ccc(Cl)c(Cl)c1)C3. The lowest BCUT2D eigenvalue weighted by atomic mass is 9.77. The van der Waals surface area contributed by atoms with Crippen LogP contribution in [-0.2, 0) is 4.79 Å². The number of benzene rings is 1. The number of ketones is 1. The number of halogens is 2. The van der Waals surface area contributed by atoms with E-state index in [9.17, 15) is 4.79 Å². The van der Waals surface area contributed by atoms with Crippen LogP contribution in [0.25, 0.3) is 0 Å². The maximum absolute atomic E-state index is 12.3. The molecule has 4 heteroatoms. The van der Waals surface area contributed by atoms with Crippen LogP contribution >= 0.6 is 23.2 Å². The first-order valence-electron chi connectivity index (χ1n) is 6.88. The molecule has 3 aliphatic heterocycles. The van der Waals surface area contributed by atoms with Gasteiger partial charge in [0.2, 0.25) is 0 Å². The molecule has 3 saturated heterocycles. The van der Waals surface area contributed by atoms with Crippen LogP contribution in [0, 0.1) is 5.92 Å². The largest absolute Gasteiger partial charge is 0.298 e. The molecule has 1 aromatic rings. The van der Waals surface area contributed by atoms with Gasteiger partial charge in [-0.3, -0.25) is 9.69 Å². The van der Waals surface area contributed by atoms with Crippen molar-refractivity contribution in [2.45, 2.75) is 37.3 Å². The van der Waals surface area contributed by atoms with Gasteiger partial charge in [0.25, 0.3) is 0 Å². The maximum Gasteiger partial charge on any atom is 0.152 e. The molecule has 5 atom stereocenters. The van der Waals surface area contributed by atoms with Crippen molar-refractivity contribution in [3.05, 3.63) is 33.8 Å². The number of carbonyl (C=O) groups is 1. The summed E-state index contributed by atoms with van der Waals surface area (Å²) in [4.78, 5) is 14.7. The van der Waals surface area contributed by atoms with Crippen LogP contribution in [0.5, 0.6) is 0 Å². The molecule has 1 aromatic carbocycles. The average molecular weight is 296 g/mol. The molecule has 0 saturated carbocycles. The van der Waals surface area contributed by atoms with E-state index in [1.54, 1.807) is 0 Å². The highest BCUT2D eigenvalue weighted by atomic mass is 35.5. The van der Waals surface area contributed by atoms with Gasteiger partial charge in [0, 0.05) is 18.0 Å². The zero-order valence-corrected chi connectivity index (χ0v) is 12.0. The Bertz CT molecular complexity index is 559. The fourth-order valence-electron chi connectivity index (χ4n) is 4.37. The van der Waals surface area contributed by atoms with Crippen molar-refractivity contribution in [1.82, 2.24) is 4.90 Å². The minimum absolute atomic E-state index is 0.177. The van der Waals surface area contributed by atoms with E-state index in [1.165, 1.54) is 18.4 Å². The van der Waals surface area contributed by atoms with Crippen LogP contribution in [-0.4, -0.2) is 29.3 Å². The normalized spacial score (nSPS) is 39.9. The van der Waals surface area contributed by atoms with Crippen molar-refractivity contribution >= 4 is 29.0 Å². The van der Waals surface area contributed by atoms with Crippen LogP contribution in [0.15, 0.2) is 18.2 Å².